The van der Waals surface area contributed by atoms with E-state index in [0.29, 0.717) is 22.2 Å². The van der Waals surface area contributed by atoms with Gasteiger partial charge in [0.1, 0.15) is 5.69 Å². The second kappa shape index (κ2) is 9.49. The number of nitrogens with one attached hydrogen (secondary N) is 1. The van der Waals surface area contributed by atoms with Crippen LogP contribution >= 0.6 is 34.8 Å². The molecule has 2 heterocycles. The highest BCUT2D eigenvalue weighted by atomic mass is 35.5. The Morgan fingerprint density at radius 3 is 2.58 bits per heavy atom. The molecule has 1 amide bonds. The van der Waals surface area contributed by atoms with Crippen molar-refractivity contribution >= 4 is 52.1 Å². The second-order valence-electron chi connectivity index (χ2n) is 7.37. The van der Waals surface area contributed by atoms with E-state index in [9.17, 15) is 4.79 Å². The van der Waals surface area contributed by atoms with Gasteiger partial charge in [-0.05, 0) is 31.3 Å². The molecule has 1 aliphatic heterocycles. The van der Waals surface area contributed by atoms with Crippen LogP contribution in [0.3, 0.4) is 0 Å². The first kappa shape index (κ1) is 22.0. The van der Waals surface area contributed by atoms with Gasteiger partial charge in [-0.2, -0.15) is 0 Å². The number of benzene rings is 2. The molecule has 31 heavy (non-hydrogen) atoms. The van der Waals surface area contributed by atoms with Gasteiger partial charge in [-0.1, -0.05) is 58.2 Å². The molecule has 0 bridgehead atoms. The summed E-state index contributed by atoms with van der Waals surface area (Å²) >= 11 is 17.8. The third-order valence-electron chi connectivity index (χ3n) is 5.21. The van der Waals surface area contributed by atoms with Gasteiger partial charge in [0, 0.05) is 54.7 Å². The second-order valence-corrected chi connectivity index (χ2v) is 8.87. The van der Waals surface area contributed by atoms with Gasteiger partial charge >= 0.3 is 0 Å². The number of anilines is 2. The lowest BCUT2D eigenvalue weighted by Gasteiger charge is -2.35. The molecule has 1 saturated heterocycles. The van der Waals surface area contributed by atoms with Crippen molar-refractivity contribution in [3.8, 4) is 22.6 Å². The Morgan fingerprint density at radius 1 is 1.10 bits per heavy atom. The van der Waals surface area contributed by atoms with Gasteiger partial charge in [0.05, 0.1) is 5.02 Å². The Bertz CT molecular complexity index is 1080. The predicted molar refractivity (Wildman–Crippen MR) is 126 cm³/mol. The molecule has 162 valence electrons. The van der Waals surface area contributed by atoms with E-state index in [1.807, 2.05) is 24.3 Å². The number of piperazine rings is 1. The summed E-state index contributed by atoms with van der Waals surface area (Å²) < 4.78 is 5.63. The molecule has 0 atom stereocenters. The average molecular weight is 480 g/mol. The molecule has 0 spiro atoms. The third-order valence-corrected chi connectivity index (χ3v) is 5.93. The number of carbonyl (C=O) groups excluding carboxylic acids is 1. The summed E-state index contributed by atoms with van der Waals surface area (Å²) in [6.07, 6.45) is 0. The molecule has 1 N–H and O–H groups in total. The number of nitrogens with zero attached hydrogens (tertiary/aromatic N) is 3. The summed E-state index contributed by atoms with van der Waals surface area (Å²) in [5.41, 5.74) is 3.86. The normalized spacial score (nSPS) is 14.8. The topological polar surface area (TPSA) is 61.6 Å². The fraction of sp³-hybridized carbons (Fsp3) is 0.273. The number of aromatic nitrogens is 1. The van der Waals surface area contributed by atoms with Gasteiger partial charge in [-0.25, -0.2) is 0 Å². The van der Waals surface area contributed by atoms with Crippen molar-refractivity contribution in [2.75, 3.05) is 43.4 Å². The van der Waals surface area contributed by atoms with E-state index < -0.39 is 10.7 Å². The molecule has 1 fully saturated rings. The summed E-state index contributed by atoms with van der Waals surface area (Å²) in [6.45, 7) is 3.80. The van der Waals surface area contributed by atoms with Crippen molar-refractivity contribution < 1.29 is 9.32 Å². The van der Waals surface area contributed by atoms with Crippen LogP contribution in [0.2, 0.25) is 5.02 Å². The molecule has 0 unspecified atom stereocenters. The van der Waals surface area contributed by atoms with Crippen molar-refractivity contribution in [3.05, 3.63) is 53.6 Å². The molecule has 3 aromatic rings. The van der Waals surface area contributed by atoms with Gasteiger partial charge in [0.2, 0.25) is 0 Å². The Hall–Kier alpha value is -2.25. The predicted octanol–water partition coefficient (Wildman–Crippen LogP) is 5.16. The Kier molecular flexibility index (Phi) is 6.72. The first-order valence-electron chi connectivity index (χ1n) is 9.81. The van der Waals surface area contributed by atoms with Crippen LogP contribution in [0.5, 0.6) is 0 Å². The summed E-state index contributed by atoms with van der Waals surface area (Å²) in [7, 11) is 2.12. The van der Waals surface area contributed by atoms with Gasteiger partial charge in [-0.15, -0.1) is 0 Å². The molecule has 0 aliphatic carbocycles. The largest absolute Gasteiger partial charge is 0.368 e. The lowest BCUT2D eigenvalue weighted by Crippen LogP contribution is -2.44. The van der Waals surface area contributed by atoms with Gasteiger partial charge in [-0.3, -0.25) is 4.79 Å². The van der Waals surface area contributed by atoms with E-state index in [-0.39, 0.29) is 0 Å². The first-order chi connectivity index (χ1) is 14.9. The van der Waals surface area contributed by atoms with Crippen LogP contribution in [-0.4, -0.2) is 54.0 Å². The Labute approximate surface area is 195 Å². The maximum absolute atomic E-state index is 11.8. The molecule has 1 aliphatic rings. The molecule has 4 rings (SSSR count). The minimum absolute atomic E-state index is 0.494. The van der Waals surface area contributed by atoms with E-state index in [2.05, 4.69) is 33.4 Å². The lowest BCUT2D eigenvalue weighted by molar-refractivity contribution is -0.114. The standard InChI is InChI=1S/C22H21Cl3N4O2/c1-28-8-10-29(11-9-28)18-7-3-6-16(23)20(18)17-13-19(31-27-17)14-4-2-5-15(12-14)26-22(30)21(24)25/h2-7,12-13,21H,8-11H2,1H3,(H,26,30). The van der Waals surface area contributed by atoms with Crippen molar-refractivity contribution in [3.63, 3.8) is 0 Å². The summed E-state index contributed by atoms with van der Waals surface area (Å²) in [6, 6.07) is 14.9. The van der Waals surface area contributed by atoms with Crippen LogP contribution < -0.4 is 10.2 Å². The number of hydrogen-bond donors (Lipinski definition) is 1. The molecule has 9 heteroatoms. The average Bonchev–Trinajstić information content (AvgIpc) is 3.24. The van der Waals surface area contributed by atoms with Crippen LogP contribution in [0.25, 0.3) is 22.6 Å². The minimum atomic E-state index is -1.14. The van der Waals surface area contributed by atoms with Crippen LogP contribution in [-0.2, 0) is 4.79 Å². The van der Waals surface area contributed by atoms with Crippen molar-refractivity contribution in [2.45, 2.75) is 4.84 Å². The number of hydrogen-bond acceptors (Lipinski definition) is 5. The minimum Gasteiger partial charge on any atom is -0.368 e. The van der Waals surface area contributed by atoms with Crippen LogP contribution in [0.4, 0.5) is 11.4 Å². The number of likely N-dealkylation sites (N-methyl/N-ethyl adjacent to an activating group) is 1. The smallest absolute Gasteiger partial charge is 0.257 e. The van der Waals surface area contributed by atoms with Crippen molar-refractivity contribution in [1.82, 2.24) is 10.1 Å². The Balaban J connectivity index is 1.64. The number of rotatable bonds is 5. The Morgan fingerprint density at radius 2 is 1.84 bits per heavy atom. The highest BCUT2D eigenvalue weighted by molar-refractivity contribution is 6.54. The van der Waals surface area contributed by atoms with Crippen LogP contribution in [0.1, 0.15) is 0 Å². The van der Waals surface area contributed by atoms with Gasteiger partial charge < -0.3 is 19.6 Å². The zero-order valence-electron chi connectivity index (χ0n) is 16.8. The van der Waals surface area contributed by atoms with Crippen molar-refractivity contribution in [2.24, 2.45) is 0 Å². The molecular formula is C22H21Cl3N4O2. The van der Waals surface area contributed by atoms with E-state index in [1.54, 1.807) is 18.2 Å². The highest BCUT2D eigenvalue weighted by Gasteiger charge is 2.22. The van der Waals surface area contributed by atoms with Crippen molar-refractivity contribution in [1.29, 1.82) is 0 Å². The summed E-state index contributed by atoms with van der Waals surface area (Å²) in [5, 5.41) is 7.56. The monoisotopic (exact) mass is 478 g/mol. The molecule has 1 aromatic heterocycles. The van der Waals surface area contributed by atoms with Gasteiger partial charge in [0.25, 0.3) is 5.91 Å². The molecular weight excluding hydrogens is 459 g/mol. The maximum Gasteiger partial charge on any atom is 0.257 e. The zero-order chi connectivity index (χ0) is 22.0. The first-order valence-corrected chi connectivity index (χ1v) is 11.1. The molecule has 0 saturated carbocycles. The molecule has 2 aromatic carbocycles. The van der Waals surface area contributed by atoms with Crippen LogP contribution in [0, 0.1) is 0 Å². The fourth-order valence-corrected chi connectivity index (χ4v) is 3.93. The van der Waals surface area contributed by atoms with E-state index in [4.69, 9.17) is 39.3 Å². The zero-order valence-corrected chi connectivity index (χ0v) is 19.1. The van der Waals surface area contributed by atoms with Gasteiger partial charge in [0.15, 0.2) is 10.6 Å². The summed E-state index contributed by atoms with van der Waals surface area (Å²) in [4.78, 5) is 15.2. The number of alkyl halides is 2. The highest BCUT2D eigenvalue weighted by Crippen LogP contribution is 2.38. The van der Waals surface area contributed by atoms with E-state index in [0.717, 1.165) is 43.0 Å². The SMILES string of the molecule is CN1CCN(c2cccc(Cl)c2-c2cc(-c3cccc(NC(=O)C(Cl)Cl)c3)on2)CC1. The number of carbonyl (C=O) groups is 1. The molecule has 6 nitrogen and oxygen atoms in total. The maximum atomic E-state index is 11.8. The fourth-order valence-electron chi connectivity index (χ4n) is 3.55. The quantitative estimate of drug-likeness (QED) is 0.512. The van der Waals surface area contributed by atoms with Crippen LogP contribution in [0.15, 0.2) is 53.1 Å². The number of amides is 1. The lowest BCUT2D eigenvalue weighted by atomic mass is 10.1. The molecule has 0 radical (unpaired) electrons. The van der Waals surface area contributed by atoms with E-state index in [1.165, 1.54) is 0 Å². The van der Waals surface area contributed by atoms with E-state index >= 15 is 0 Å². The third kappa shape index (κ3) is 4.99. The summed E-state index contributed by atoms with van der Waals surface area (Å²) in [5.74, 6) is 0.0651. The number of halogens is 3.